The molecule has 1 nitrogen and oxygen atoms in total. The van der Waals surface area contributed by atoms with Crippen molar-refractivity contribution in [3.8, 4) is 0 Å². The Bertz CT molecular complexity index is 568. The van der Waals surface area contributed by atoms with Gasteiger partial charge in [-0.05, 0) is 70.9 Å². The van der Waals surface area contributed by atoms with Crippen molar-refractivity contribution >= 4 is 22.6 Å². The summed E-state index contributed by atoms with van der Waals surface area (Å²) in [7, 11) is 0. The highest BCUT2D eigenvalue weighted by Crippen LogP contribution is 2.24. The van der Waals surface area contributed by atoms with Crippen molar-refractivity contribution in [2.24, 2.45) is 0 Å². The van der Waals surface area contributed by atoms with Crippen LogP contribution in [-0.2, 0) is 0 Å². The summed E-state index contributed by atoms with van der Waals surface area (Å²) >= 11 is 2.30. The second-order valence-electron chi connectivity index (χ2n) is 4.55. The van der Waals surface area contributed by atoms with Gasteiger partial charge >= 0.3 is 0 Å². The number of benzene rings is 2. The minimum atomic E-state index is -0.147. The molecule has 1 N–H and O–H groups in total. The van der Waals surface area contributed by atoms with Gasteiger partial charge in [-0.3, -0.25) is 0 Å². The standard InChI is InChI=1S/C16H17FIN/c1-3-19-16(12-5-4-6-14(18)9-12)13-8-7-11(2)15(17)10-13/h4-10,16,19H,3H2,1-2H3. The molecule has 1 atom stereocenters. The number of hydrogen-bond acceptors (Lipinski definition) is 1. The van der Waals surface area contributed by atoms with Crippen molar-refractivity contribution in [1.29, 1.82) is 0 Å². The smallest absolute Gasteiger partial charge is 0.126 e. The van der Waals surface area contributed by atoms with Crippen LogP contribution in [0.25, 0.3) is 0 Å². The summed E-state index contributed by atoms with van der Waals surface area (Å²) in [5, 5.41) is 3.42. The van der Waals surface area contributed by atoms with Gasteiger partial charge in [0.2, 0.25) is 0 Å². The lowest BCUT2D eigenvalue weighted by atomic mass is 9.97. The Morgan fingerprint density at radius 2 is 1.89 bits per heavy atom. The maximum atomic E-state index is 13.7. The average Bonchev–Trinajstić information content (AvgIpc) is 2.39. The van der Waals surface area contributed by atoms with E-state index in [9.17, 15) is 4.39 Å². The highest BCUT2D eigenvalue weighted by atomic mass is 127. The lowest BCUT2D eigenvalue weighted by molar-refractivity contribution is 0.597. The number of halogens is 2. The summed E-state index contributed by atoms with van der Waals surface area (Å²) in [5.41, 5.74) is 2.81. The molecule has 1 unspecified atom stereocenters. The highest BCUT2D eigenvalue weighted by molar-refractivity contribution is 14.1. The van der Waals surface area contributed by atoms with Gasteiger partial charge in [-0.1, -0.05) is 31.2 Å². The van der Waals surface area contributed by atoms with Crippen molar-refractivity contribution < 1.29 is 4.39 Å². The molecular formula is C16H17FIN. The van der Waals surface area contributed by atoms with E-state index >= 15 is 0 Å². The van der Waals surface area contributed by atoms with Gasteiger partial charge in [-0.2, -0.15) is 0 Å². The Labute approximate surface area is 127 Å². The first kappa shape index (κ1) is 14.5. The molecule has 0 bridgehead atoms. The van der Waals surface area contributed by atoms with E-state index in [0.29, 0.717) is 5.56 Å². The minimum absolute atomic E-state index is 0.0369. The molecule has 19 heavy (non-hydrogen) atoms. The Hall–Kier alpha value is -0.940. The molecule has 0 fully saturated rings. The van der Waals surface area contributed by atoms with E-state index in [1.54, 1.807) is 13.0 Å². The molecule has 0 saturated heterocycles. The number of hydrogen-bond donors (Lipinski definition) is 1. The van der Waals surface area contributed by atoms with E-state index in [2.05, 4.69) is 53.0 Å². The van der Waals surface area contributed by atoms with Crippen molar-refractivity contribution in [2.75, 3.05) is 6.54 Å². The molecule has 2 aromatic carbocycles. The van der Waals surface area contributed by atoms with Gasteiger partial charge in [0.25, 0.3) is 0 Å². The van der Waals surface area contributed by atoms with Crippen LogP contribution in [0.2, 0.25) is 0 Å². The zero-order valence-corrected chi connectivity index (χ0v) is 13.2. The lowest BCUT2D eigenvalue weighted by Crippen LogP contribution is -2.22. The van der Waals surface area contributed by atoms with Crippen LogP contribution in [-0.4, -0.2) is 6.54 Å². The first-order valence-corrected chi connectivity index (χ1v) is 7.44. The van der Waals surface area contributed by atoms with Crippen LogP contribution in [0.4, 0.5) is 4.39 Å². The molecule has 0 aliphatic carbocycles. The van der Waals surface area contributed by atoms with Crippen molar-refractivity contribution in [1.82, 2.24) is 5.32 Å². The molecule has 0 aliphatic heterocycles. The summed E-state index contributed by atoms with van der Waals surface area (Å²) in [5.74, 6) is -0.147. The molecule has 0 amide bonds. The van der Waals surface area contributed by atoms with Crippen LogP contribution in [0.5, 0.6) is 0 Å². The van der Waals surface area contributed by atoms with Crippen LogP contribution in [0.15, 0.2) is 42.5 Å². The monoisotopic (exact) mass is 369 g/mol. The van der Waals surface area contributed by atoms with Gasteiger partial charge in [0.1, 0.15) is 5.82 Å². The van der Waals surface area contributed by atoms with Gasteiger partial charge < -0.3 is 5.32 Å². The maximum absolute atomic E-state index is 13.7. The van der Waals surface area contributed by atoms with Crippen molar-refractivity contribution in [3.05, 3.63) is 68.5 Å². The zero-order chi connectivity index (χ0) is 13.8. The van der Waals surface area contributed by atoms with E-state index in [0.717, 1.165) is 17.7 Å². The first-order valence-electron chi connectivity index (χ1n) is 6.36. The molecule has 0 spiro atoms. The number of nitrogens with one attached hydrogen (secondary N) is 1. The molecule has 0 radical (unpaired) electrons. The van der Waals surface area contributed by atoms with Crippen LogP contribution >= 0.6 is 22.6 Å². The fourth-order valence-corrected chi connectivity index (χ4v) is 2.67. The second-order valence-corrected chi connectivity index (χ2v) is 5.80. The molecule has 3 heteroatoms. The minimum Gasteiger partial charge on any atom is -0.307 e. The fourth-order valence-electron chi connectivity index (χ4n) is 2.11. The van der Waals surface area contributed by atoms with Crippen LogP contribution in [0.1, 0.15) is 29.7 Å². The van der Waals surface area contributed by atoms with Gasteiger partial charge in [0.05, 0.1) is 6.04 Å². The maximum Gasteiger partial charge on any atom is 0.126 e. The van der Waals surface area contributed by atoms with E-state index < -0.39 is 0 Å². The van der Waals surface area contributed by atoms with E-state index in [4.69, 9.17) is 0 Å². The Morgan fingerprint density at radius 1 is 1.16 bits per heavy atom. The predicted molar refractivity (Wildman–Crippen MR) is 85.8 cm³/mol. The first-order chi connectivity index (χ1) is 9.11. The Balaban J connectivity index is 2.42. The van der Waals surface area contributed by atoms with E-state index in [1.807, 2.05) is 18.2 Å². The molecule has 0 saturated carbocycles. The van der Waals surface area contributed by atoms with Gasteiger partial charge in [-0.25, -0.2) is 4.39 Å². The SMILES string of the molecule is CCNC(c1cccc(I)c1)c1ccc(C)c(F)c1. The fraction of sp³-hybridized carbons (Fsp3) is 0.250. The molecule has 100 valence electrons. The van der Waals surface area contributed by atoms with Gasteiger partial charge in [0.15, 0.2) is 0 Å². The molecule has 0 aromatic heterocycles. The normalized spacial score (nSPS) is 12.4. The number of aryl methyl sites for hydroxylation is 1. The van der Waals surface area contributed by atoms with Crippen molar-refractivity contribution in [2.45, 2.75) is 19.9 Å². The average molecular weight is 369 g/mol. The highest BCUT2D eigenvalue weighted by Gasteiger charge is 2.14. The van der Waals surface area contributed by atoms with Crippen LogP contribution < -0.4 is 5.32 Å². The summed E-state index contributed by atoms with van der Waals surface area (Å²) in [6.07, 6.45) is 0. The molecule has 0 aliphatic rings. The van der Waals surface area contributed by atoms with E-state index in [1.165, 1.54) is 3.57 Å². The second kappa shape index (κ2) is 6.48. The van der Waals surface area contributed by atoms with Crippen LogP contribution in [0, 0.1) is 16.3 Å². The van der Waals surface area contributed by atoms with Gasteiger partial charge in [0, 0.05) is 3.57 Å². The molecule has 2 rings (SSSR count). The molecule has 0 heterocycles. The number of rotatable bonds is 4. The van der Waals surface area contributed by atoms with Gasteiger partial charge in [-0.15, -0.1) is 0 Å². The summed E-state index contributed by atoms with van der Waals surface area (Å²) in [4.78, 5) is 0. The van der Waals surface area contributed by atoms with E-state index in [-0.39, 0.29) is 11.9 Å². The lowest BCUT2D eigenvalue weighted by Gasteiger charge is -2.19. The molecule has 2 aromatic rings. The topological polar surface area (TPSA) is 12.0 Å². The summed E-state index contributed by atoms with van der Waals surface area (Å²) in [6, 6.07) is 13.8. The third kappa shape index (κ3) is 3.54. The summed E-state index contributed by atoms with van der Waals surface area (Å²) < 4.78 is 14.9. The Morgan fingerprint density at radius 3 is 2.53 bits per heavy atom. The Kier molecular flexibility index (Phi) is 4.93. The van der Waals surface area contributed by atoms with Crippen molar-refractivity contribution in [3.63, 3.8) is 0 Å². The summed E-state index contributed by atoms with van der Waals surface area (Å²) in [6.45, 7) is 4.68. The predicted octanol–water partition coefficient (Wildman–Crippen LogP) is 4.44. The third-order valence-electron chi connectivity index (χ3n) is 3.12. The third-order valence-corrected chi connectivity index (χ3v) is 3.79. The largest absolute Gasteiger partial charge is 0.307 e. The van der Waals surface area contributed by atoms with Crippen LogP contribution in [0.3, 0.4) is 0 Å². The quantitative estimate of drug-likeness (QED) is 0.786. The zero-order valence-electron chi connectivity index (χ0n) is 11.1. The molecular weight excluding hydrogens is 352 g/mol.